The first kappa shape index (κ1) is 26.7. The maximum atomic E-state index is 14.2. The normalized spacial score (nSPS) is 15.7. The van der Waals surface area contributed by atoms with Crippen LogP contribution in [0.15, 0.2) is 132 Å². The van der Waals surface area contributed by atoms with Crippen molar-refractivity contribution in [1.82, 2.24) is 9.88 Å². The number of aromatic nitrogens is 1. The Bertz CT molecular complexity index is 1970. The van der Waals surface area contributed by atoms with Crippen molar-refractivity contribution in [2.45, 2.75) is 12.8 Å². The Morgan fingerprint density at radius 3 is 2.07 bits per heavy atom. The molecule has 0 saturated heterocycles. The molecule has 0 saturated carbocycles. The number of hydrogen-bond donors (Lipinski definition) is 1. The molecular formula is C37H27ClN2O3. The number of allylic oxidation sites excluding steroid dienone is 2. The fraction of sp³-hybridized carbons (Fsp3) is 0.0811. The number of rotatable bonds is 5. The molecule has 0 radical (unpaired) electrons. The number of nitrogens with zero attached hydrogens (tertiary/aromatic N) is 1. The predicted octanol–water partition coefficient (Wildman–Crippen LogP) is 8.21. The van der Waals surface area contributed by atoms with Crippen LogP contribution in [-0.4, -0.2) is 23.4 Å². The fourth-order valence-electron chi connectivity index (χ4n) is 6.34. The van der Waals surface area contributed by atoms with Gasteiger partial charge in [-0.15, -0.1) is 0 Å². The molecule has 0 amide bonds. The van der Waals surface area contributed by atoms with Gasteiger partial charge in [0, 0.05) is 33.1 Å². The zero-order valence-corrected chi connectivity index (χ0v) is 24.4. The summed E-state index contributed by atoms with van der Waals surface area (Å²) in [6.45, 7) is 1.87. The van der Waals surface area contributed by atoms with Crippen molar-refractivity contribution in [2.75, 3.05) is 7.11 Å². The molecule has 6 heteroatoms. The summed E-state index contributed by atoms with van der Waals surface area (Å²) in [5.74, 6) is -1.27. The zero-order valence-electron chi connectivity index (χ0n) is 23.6. The van der Waals surface area contributed by atoms with Gasteiger partial charge in [-0.2, -0.15) is 0 Å². The first-order valence-electron chi connectivity index (χ1n) is 14.0. The number of nitrogens with one attached hydrogen (secondary N) is 1. The summed E-state index contributed by atoms with van der Waals surface area (Å²) in [4.78, 5) is 27.8. The van der Waals surface area contributed by atoms with Gasteiger partial charge < -0.3 is 14.6 Å². The third-order valence-corrected chi connectivity index (χ3v) is 8.45. The molecule has 1 aliphatic carbocycles. The Hall–Kier alpha value is -5.13. The maximum Gasteiger partial charge on any atom is 0.336 e. The molecule has 2 aliphatic rings. The van der Waals surface area contributed by atoms with Gasteiger partial charge in [0.25, 0.3) is 0 Å². The number of Topliss-reactive ketones (excluding diaryl/α,β-unsaturated/α-hetero) is 1. The van der Waals surface area contributed by atoms with E-state index >= 15 is 0 Å². The number of methoxy groups -OCH3 is 1. The average molecular weight is 583 g/mol. The molecule has 7 rings (SSSR count). The summed E-state index contributed by atoms with van der Waals surface area (Å²) in [7, 11) is 1.38. The Kier molecular flexibility index (Phi) is 6.60. The van der Waals surface area contributed by atoms with Gasteiger partial charge in [-0.25, -0.2) is 4.79 Å². The molecule has 0 bridgehead atoms. The first-order valence-corrected chi connectivity index (χ1v) is 14.4. The average Bonchev–Trinajstić information content (AvgIpc) is 3.57. The van der Waals surface area contributed by atoms with Crippen LogP contribution in [0.4, 0.5) is 0 Å². The molecule has 1 N–H and O–H groups in total. The molecule has 1 aromatic heterocycles. The van der Waals surface area contributed by atoms with Gasteiger partial charge >= 0.3 is 5.97 Å². The molecule has 0 spiro atoms. The summed E-state index contributed by atoms with van der Waals surface area (Å²) >= 11 is 6.33. The Labute approximate surface area is 254 Å². The lowest BCUT2D eigenvalue weighted by atomic mass is 9.79. The first-order chi connectivity index (χ1) is 21.0. The molecule has 5 nitrogen and oxygen atoms in total. The van der Waals surface area contributed by atoms with E-state index in [0.717, 1.165) is 45.0 Å². The van der Waals surface area contributed by atoms with E-state index in [9.17, 15) is 9.59 Å². The monoisotopic (exact) mass is 582 g/mol. The van der Waals surface area contributed by atoms with Gasteiger partial charge in [-0.1, -0.05) is 96.5 Å². The molecular weight excluding hydrogens is 556 g/mol. The van der Waals surface area contributed by atoms with E-state index in [1.807, 2.05) is 91.9 Å². The van der Waals surface area contributed by atoms with Crippen LogP contribution in [0.2, 0.25) is 5.02 Å². The Balaban J connectivity index is 1.60. The number of ketones is 1. The number of hydrogen-bond acceptors (Lipinski definition) is 4. The van der Waals surface area contributed by atoms with Gasteiger partial charge in [0.15, 0.2) is 5.78 Å². The zero-order chi connectivity index (χ0) is 29.7. The van der Waals surface area contributed by atoms with E-state index in [4.69, 9.17) is 16.3 Å². The second kappa shape index (κ2) is 10.6. The highest BCUT2D eigenvalue weighted by molar-refractivity contribution is 6.30. The standard InChI is InChI=1S/C37H27ClN2O3/c1-22-31(37(42)43-2)32(33-34(39-22)27-15-9-10-16-28(27)36(33)41)29-21-30(23-11-5-3-6-12-23)40(26-19-17-25(38)18-20-26)35(29)24-13-7-4-8-14-24/h3-21,32,39H,1-2H3/t32-/m0/s1. The van der Waals surface area contributed by atoms with Gasteiger partial charge in [-0.3, -0.25) is 4.79 Å². The second-order valence-electron chi connectivity index (χ2n) is 10.6. The van der Waals surface area contributed by atoms with Gasteiger partial charge in [0.1, 0.15) is 0 Å². The fourth-order valence-corrected chi connectivity index (χ4v) is 6.47. The number of fused-ring (bicyclic) bond motifs is 2. The van der Waals surface area contributed by atoms with Crippen LogP contribution >= 0.6 is 11.6 Å². The molecule has 1 aliphatic heterocycles. The molecule has 5 aromatic rings. The summed E-state index contributed by atoms with van der Waals surface area (Å²) in [6, 6.07) is 37.6. The molecule has 43 heavy (non-hydrogen) atoms. The van der Waals surface area contributed by atoms with Crippen molar-refractivity contribution < 1.29 is 14.3 Å². The second-order valence-corrected chi connectivity index (χ2v) is 11.1. The highest BCUT2D eigenvalue weighted by Gasteiger charge is 2.44. The molecule has 210 valence electrons. The summed E-state index contributed by atoms with van der Waals surface area (Å²) in [5.41, 5.74) is 9.24. The van der Waals surface area contributed by atoms with E-state index in [2.05, 4.69) is 40.2 Å². The van der Waals surface area contributed by atoms with Crippen LogP contribution < -0.4 is 5.32 Å². The lowest BCUT2D eigenvalue weighted by molar-refractivity contribution is -0.136. The number of esters is 1. The Morgan fingerprint density at radius 2 is 1.42 bits per heavy atom. The molecule has 0 unspecified atom stereocenters. The number of halogens is 1. The molecule has 0 fully saturated rings. The van der Waals surface area contributed by atoms with Crippen molar-refractivity contribution in [3.05, 3.63) is 154 Å². The van der Waals surface area contributed by atoms with E-state index < -0.39 is 11.9 Å². The SMILES string of the molecule is COC(=O)C1=C(C)NC2=C(C(=O)c3ccccc32)[C@H]1c1cc(-c2ccccc2)n(-c2ccc(Cl)cc2)c1-c1ccccc1. The van der Waals surface area contributed by atoms with Crippen LogP contribution in [0.3, 0.4) is 0 Å². The summed E-state index contributed by atoms with van der Waals surface area (Å²) < 4.78 is 7.54. The number of ether oxygens (including phenoxy) is 1. The van der Waals surface area contributed by atoms with Crippen molar-refractivity contribution in [3.63, 3.8) is 0 Å². The number of benzene rings is 4. The number of carbonyl (C=O) groups excluding carboxylic acids is 2. The number of carbonyl (C=O) groups is 2. The van der Waals surface area contributed by atoms with Crippen molar-refractivity contribution >= 4 is 29.1 Å². The van der Waals surface area contributed by atoms with Gasteiger partial charge in [0.2, 0.25) is 0 Å². The van der Waals surface area contributed by atoms with Crippen LogP contribution in [0.5, 0.6) is 0 Å². The predicted molar refractivity (Wildman–Crippen MR) is 170 cm³/mol. The van der Waals surface area contributed by atoms with Crippen LogP contribution in [0.25, 0.3) is 33.9 Å². The minimum absolute atomic E-state index is 0.100. The molecule has 1 atom stereocenters. The summed E-state index contributed by atoms with van der Waals surface area (Å²) in [5, 5.41) is 4.03. The molecule has 4 aromatic carbocycles. The Morgan fingerprint density at radius 1 is 0.814 bits per heavy atom. The maximum absolute atomic E-state index is 14.2. The van der Waals surface area contributed by atoms with Crippen molar-refractivity contribution in [2.24, 2.45) is 0 Å². The van der Waals surface area contributed by atoms with Crippen molar-refractivity contribution in [1.29, 1.82) is 0 Å². The van der Waals surface area contributed by atoms with Gasteiger partial charge in [-0.05, 0) is 53.9 Å². The smallest absolute Gasteiger partial charge is 0.336 e. The van der Waals surface area contributed by atoms with Crippen molar-refractivity contribution in [3.8, 4) is 28.2 Å². The van der Waals surface area contributed by atoms with E-state index in [-0.39, 0.29) is 5.78 Å². The number of dihydropyridines is 1. The highest BCUT2D eigenvalue weighted by Crippen LogP contribution is 2.51. The van der Waals surface area contributed by atoms with E-state index in [1.165, 1.54) is 7.11 Å². The quantitative estimate of drug-likeness (QED) is 0.212. The highest BCUT2D eigenvalue weighted by atomic mass is 35.5. The minimum Gasteiger partial charge on any atom is -0.466 e. The third-order valence-electron chi connectivity index (χ3n) is 8.20. The lowest BCUT2D eigenvalue weighted by Crippen LogP contribution is -2.29. The van der Waals surface area contributed by atoms with Gasteiger partial charge in [0.05, 0.1) is 35.7 Å². The van der Waals surface area contributed by atoms with Crippen LogP contribution in [-0.2, 0) is 9.53 Å². The minimum atomic E-state index is -0.685. The third kappa shape index (κ3) is 4.32. The lowest BCUT2D eigenvalue weighted by Gasteiger charge is -2.29. The van der Waals surface area contributed by atoms with E-state index in [0.29, 0.717) is 27.4 Å². The van der Waals surface area contributed by atoms with Crippen LogP contribution in [0.1, 0.15) is 34.3 Å². The van der Waals surface area contributed by atoms with Crippen LogP contribution in [0, 0.1) is 0 Å². The molecule has 2 heterocycles. The summed E-state index contributed by atoms with van der Waals surface area (Å²) in [6.07, 6.45) is 0. The van der Waals surface area contributed by atoms with E-state index in [1.54, 1.807) is 0 Å². The topological polar surface area (TPSA) is 60.3 Å². The largest absolute Gasteiger partial charge is 0.466 e.